The van der Waals surface area contributed by atoms with Gasteiger partial charge < -0.3 is 24.5 Å². The number of carbonyl (C=O) groups is 1. The van der Waals surface area contributed by atoms with E-state index < -0.39 is 5.60 Å². The van der Waals surface area contributed by atoms with E-state index in [0.717, 1.165) is 12.8 Å². The van der Waals surface area contributed by atoms with Gasteiger partial charge in [-0.3, -0.25) is 0 Å². The van der Waals surface area contributed by atoms with Crippen molar-refractivity contribution in [3.05, 3.63) is 47.1 Å². The molecule has 1 aromatic carbocycles. The van der Waals surface area contributed by atoms with Crippen LogP contribution in [0.5, 0.6) is 0 Å². The Morgan fingerprint density at radius 3 is 2.38 bits per heavy atom. The van der Waals surface area contributed by atoms with Crippen molar-refractivity contribution >= 4 is 6.03 Å². The second-order valence-electron chi connectivity index (χ2n) is 9.65. The summed E-state index contributed by atoms with van der Waals surface area (Å²) in [5.41, 5.74) is 1.30. The largest absolute Gasteiger partial charge is 0.393 e. The van der Waals surface area contributed by atoms with Gasteiger partial charge in [-0.2, -0.15) is 4.98 Å². The molecule has 1 aromatic heterocycles. The molecular weight excluding hydrogens is 408 g/mol. The van der Waals surface area contributed by atoms with Gasteiger partial charge in [-0.25, -0.2) is 4.79 Å². The molecule has 0 aliphatic carbocycles. The zero-order valence-corrected chi connectivity index (χ0v) is 19.2. The molecule has 0 spiro atoms. The first-order valence-corrected chi connectivity index (χ1v) is 11.6. The molecule has 0 radical (unpaired) electrons. The Morgan fingerprint density at radius 1 is 1.12 bits per heavy atom. The summed E-state index contributed by atoms with van der Waals surface area (Å²) < 4.78 is 5.53. The van der Waals surface area contributed by atoms with Gasteiger partial charge in [0.2, 0.25) is 11.7 Å². The highest BCUT2D eigenvalue weighted by Gasteiger charge is 2.37. The first kappa shape index (κ1) is 22.7. The fraction of sp³-hybridized carbons (Fsp3) is 0.625. The van der Waals surface area contributed by atoms with Gasteiger partial charge in [0.1, 0.15) is 5.60 Å². The fourth-order valence-corrected chi connectivity index (χ4v) is 4.61. The normalized spacial score (nSPS) is 22.9. The maximum Gasteiger partial charge on any atom is 0.320 e. The van der Waals surface area contributed by atoms with Crippen LogP contribution in [0.2, 0.25) is 0 Å². The van der Waals surface area contributed by atoms with Crippen molar-refractivity contribution in [1.82, 2.24) is 19.9 Å². The maximum absolute atomic E-state index is 13.3. The van der Waals surface area contributed by atoms with Crippen molar-refractivity contribution in [3.63, 3.8) is 0 Å². The lowest BCUT2D eigenvalue weighted by atomic mass is 9.84. The van der Waals surface area contributed by atoms with Gasteiger partial charge in [0.05, 0.1) is 12.0 Å². The second-order valence-corrected chi connectivity index (χ2v) is 9.65. The third kappa shape index (κ3) is 4.96. The van der Waals surface area contributed by atoms with E-state index in [1.807, 2.05) is 9.80 Å². The molecule has 2 aliphatic rings. The summed E-state index contributed by atoms with van der Waals surface area (Å²) in [6.45, 7) is 7.65. The molecule has 8 nitrogen and oxygen atoms in total. The molecule has 2 aromatic rings. The van der Waals surface area contributed by atoms with Crippen molar-refractivity contribution in [1.29, 1.82) is 0 Å². The summed E-state index contributed by atoms with van der Waals surface area (Å²) >= 11 is 0. The van der Waals surface area contributed by atoms with Gasteiger partial charge in [-0.1, -0.05) is 36.3 Å². The Kier molecular flexibility index (Phi) is 6.53. The number of amides is 2. The Bertz CT molecular complexity index is 913. The number of nitrogens with zero attached hydrogens (tertiary/aromatic N) is 4. The van der Waals surface area contributed by atoms with E-state index in [4.69, 9.17) is 4.52 Å². The van der Waals surface area contributed by atoms with E-state index in [9.17, 15) is 15.0 Å². The van der Waals surface area contributed by atoms with E-state index in [-0.39, 0.29) is 29.8 Å². The number of aliphatic hydroxyl groups excluding tert-OH is 1. The molecule has 2 unspecified atom stereocenters. The minimum absolute atomic E-state index is 0.000921. The van der Waals surface area contributed by atoms with Gasteiger partial charge in [0.15, 0.2) is 0 Å². The predicted octanol–water partition coefficient (Wildman–Crippen LogP) is 3.01. The van der Waals surface area contributed by atoms with Gasteiger partial charge in [-0.15, -0.1) is 0 Å². The number of aliphatic hydroxyl groups is 2. The molecule has 2 N–H and O–H groups in total. The van der Waals surface area contributed by atoms with Crippen LogP contribution >= 0.6 is 0 Å². The molecule has 174 valence electrons. The molecule has 2 amide bonds. The number of carbonyl (C=O) groups excluding carboxylic acids is 1. The average molecular weight is 443 g/mol. The number of benzene rings is 1. The predicted molar refractivity (Wildman–Crippen MR) is 119 cm³/mol. The highest BCUT2D eigenvalue weighted by Crippen LogP contribution is 2.36. The Balaban J connectivity index is 1.58. The maximum atomic E-state index is 13.3. The number of aromatic nitrogens is 2. The summed E-state index contributed by atoms with van der Waals surface area (Å²) in [5, 5.41) is 24.0. The fourth-order valence-electron chi connectivity index (χ4n) is 4.61. The third-order valence-electron chi connectivity index (χ3n) is 6.65. The van der Waals surface area contributed by atoms with Crippen LogP contribution in [0.3, 0.4) is 0 Å². The number of likely N-dealkylation sites (tertiary alicyclic amines) is 2. The standard InChI is InChI=1S/C24H34N4O4/c1-4-16-5-7-17(8-6-16)18-13-19(21-25-22(26-32-21)24(2,3)31)15-28(14-18)23(30)27-11-9-20(29)10-12-27/h5-8,18-20,29,31H,4,9-15H2,1-3H3. The summed E-state index contributed by atoms with van der Waals surface area (Å²) in [5.74, 6) is 0.757. The lowest BCUT2D eigenvalue weighted by Gasteiger charge is -2.40. The third-order valence-corrected chi connectivity index (χ3v) is 6.65. The SMILES string of the molecule is CCc1ccc(C2CC(c3nc(C(C)(C)O)no3)CN(C(=O)N3CCC(O)CC3)C2)cc1. The van der Waals surface area contributed by atoms with Gasteiger partial charge in [0.25, 0.3) is 0 Å². The molecular formula is C24H34N4O4. The van der Waals surface area contributed by atoms with E-state index in [0.29, 0.717) is 44.9 Å². The van der Waals surface area contributed by atoms with E-state index in [1.54, 1.807) is 13.8 Å². The number of rotatable bonds is 4. The summed E-state index contributed by atoms with van der Waals surface area (Å²) in [6.07, 6.45) is 2.69. The van der Waals surface area contributed by atoms with Crippen molar-refractivity contribution in [2.45, 2.75) is 70.0 Å². The zero-order valence-electron chi connectivity index (χ0n) is 19.2. The van der Waals surface area contributed by atoms with Crippen molar-refractivity contribution < 1.29 is 19.5 Å². The van der Waals surface area contributed by atoms with Crippen LogP contribution in [0, 0.1) is 0 Å². The summed E-state index contributed by atoms with van der Waals surface area (Å²) in [7, 11) is 0. The van der Waals surface area contributed by atoms with Crippen LogP contribution in [0.1, 0.15) is 74.7 Å². The number of hydrogen-bond acceptors (Lipinski definition) is 6. The quantitative estimate of drug-likeness (QED) is 0.755. The molecule has 2 fully saturated rings. The van der Waals surface area contributed by atoms with E-state index >= 15 is 0 Å². The van der Waals surface area contributed by atoms with Crippen LogP contribution in [-0.2, 0) is 12.0 Å². The lowest BCUT2D eigenvalue weighted by molar-refractivity contribution is 0.0660. The monoisotopic (exact) mass is 442 g/mol. The van der Waals surface area contributed by atoms with Crippen LogP contribution in [0.15, 0.2) is 28.8 Å². The molecule has 2 saturated heterocycles. The molecule has 3 heterocycles. The average Bonchev–Trinajstić information content (AvgIpc) is 3.30. The van der Waals surface area contributed by atoms with Gasteiger partial charge >= 0.3 is 6.03 Å². The van der Waals surface area contributed by atoms with Crippen LogP contribution in [-0.4, -0.2) is 68.5 Å². The summed E-state index contributed by atoms with van der Waals surface area (Å²) in [4.78, 5) is 21.5. The first-order chi connectivity index (χ1) is 15.2. The minimum atomic E-state index is -1.18. The Morgan fingerprint density at radius 2 is 1.78 bits per heavy atom. The molecule has 4 rings (SSSR count). The lowest BCUT2D eigenvalue weighted by Crippen LogP contribution is -2.51. The van der Waals surface area contributed by atoms with Crippen molar-refractivity contribution in [2.24, 2.45) is 0 Å². The van der Waals surface area contributed by atoms with Crippen LogP contribution in [0.25, 0.3) is 0 Å². The van der Waals surface area contributed by atoms with Gasteiger partial charge in [0, 0.05) is 32.1 Å². The van der Waals surface area contributed by atoms with Gasteiger partial charge in [-0.05, 0) is 50.7 Å². The molecule has 0 bridgehead atoms. The topological polar surface area (TPSA) is 103 Å². The van der Waals surface area contributed by atoms with E-state index in [1.165, 1.54) is 11.1 Å². The van der Waals surface area contributed by atoms with E-state index in [2.05, 4.69) is 41.3 Å². The number of piperidine rings is 2. The number of aryl methyl sites for hydroxylation is 1. The highest BCUT2D eigenvalue weighted by molar-refractivity contribution is 5.75. The molecule has 8 heteroatoms. The smallest absolute Gasteiger partial charge is 0.320 e. The number of hydrogen-bond donors (Lipinski definition) is 2. The zero-order chi connectivity index (χ0) is 22.9. The first-order valence-electron chi connectivity index (χ1n) is 11.6. The summed E-state index contributed by atoms with van der Waals surface area (Å²) in [6, 6.07) is 8.61. The Labute approximate surface area is 189 Å². The highest BCUT2D eigenvalue weighted by atomic mass is 16.5. The molecule has 0 saturated carbocycles. The second kappa shape index (κ2) is 9.19. The van der Waals surface area contributed by atoms with Crippen molar-refractivity contribution in [2.75, 3.05) is 26.2 Å². The van der Waals surface area contributed by atoms with Crippen molar-refractivity contribution in [3.8, 4) is 0 Å². The molecule has 32 heavy (non-hydrogen) atoms. The molecule has 2 aliphatic heterocycles. The van der Waals surface area contributed by atoms with Crippen LogP contribution < -0.4 is 0 Å². The Hall–Kier alpha value is -2.45. The van der Waals surface area contributed by atoms with Crippen LogP contribution in [0.4, 0.5) is 4.79 Å². The molecule has 2 atom stereocenters. The number of urea groups is 1. The minimum Gasteiger partial charge on any atom is -0.393 e.